The summed E-state index contributed by atoms with van der Waals surface area (Å²) in [5.74, 6) is 0.126. The molecule has 118 valence electrons. The average Bonchev–Trinajstić information content (AvgIpc) is 2.91. The molecular formula is C17H23N3O2. The van der Waals surface area contributed by atoms with Crippen LogP contribution >= 0.6 is 0 Å². The first-order valence-electron chi connectivity index (χ1n) is 7.80. The predicted molar refractivity (Wildman–Crippen MR) is 87.2 cm³/mol. The van der Waals surface area contributed by atoms with E-state index in [0.29, 0.717) is 12.6 Å². The standard InChI is InChI=1S/C17H23N3O2/c1-13-11-20(8-7-18-13)17(21)15-12-19(9-10-22-2)16-6-4-3-5-14(15)16/h3-6,12-13,18H,7-11H2,1-2H3/t13-/m1/s1. The van der Waals surface area contributed by atoms with Crippen LogP contribution in [0.25, 0.3) is 10.9 Å². The lowest BCUT2D eigenvalue weighted by molar-refractivity contribution is 0.0710. The SMILES string of the molecule is COCCn1cc(C(=O)N2CCN[C@H](C)C2)c2ccccc21. The van der Waals surface area contributed by atoms with E-state index >= 15 is 0 Å². The largest absolute Gasteiger partial charge is 0.383 e. The fraction of sp³-hybridized carbons (Fsp3) is 0.471. The number of carbonyl (C=O) groups is 1. The fourth-order valence-electron chi connectivity index (χ4n) is 3.08. The number of piperazine rings is 1. The van der Waals surface area contributed by atoms with Gasteiger partial charge in [0, 0.05) is 56.4 Å². The van der Waals surface area contributed by atoms with Gasteiger partial charge in [-0.25, -0.2) is 0 Å². The highest BCUT2D eigenvalue weighted by molar-refractivity contribution is 6.07. The van der Waals surface area contributed by atoms with E-state index in [1.54, 1.807) is 7.11 Å². The second-order valence-corrected chi connectivity index (χ2v) is 5.85. The Morgan fingerprint density at radius 1 is 1.41 bits per heavy atom. The lowest BCUT2D eigenvalue weighted by Crippen LogP contribution is -2.51. The molecule has 2 aromatic rings. The highest BCUT2D eigenvalue weighted by Gasteiger charge is 2.24. The van der Waals surface area contributed by atoms with Crippen LogP contribution in [0.15, 0.2) is 30.5 Å². The number of aromatic nitrogens is 1. The van der Waals surface area contributed by atoms with Gasteiger partial charge in [0.1, 0.15) is 0 Å². The number of methoxy groups -OCH3 is 1. The normalized spacial score (nSPS) is 18.8. The molecule has 1 aliphatic rings. The Morgan fingerprint density at radius 3 is 3.00 bits per heavy atom. The molecule has 2 heterocycles. The Bertz CT molecular complexity index is 665. The molecule has 0 bridgehead atoms. The van der Waals surface area contributed by atoms with Gasteiger partial charge in [0.25, 0.3) is 5.91 Å². The molecule has 3 rings (SSSR count). The minimum atomic E-state index is 0.126. The van der Waals surface area contributed by atoms with Gasteiger partial charge in [-0.1, -0.05) is 18.2 Å². The second-order valence-electron chi connectivity index (χ2n) is 5.85. The lowest BCUT2D eigenvalue weighted by Gasteiger charge is -2.31. The minimum absolute atomic E-state index is 0.126. The summed E-state index contributed by atoms with van der Waals surface area (Å²) in [6, 6.07) is 8.42. The van der Waals surface area contributed by atoms with Crippen LogP contribution in [0.5, 0.6) is 0 Å². The molecule has 5 heteroatoms. The molecule has 1 atom stereocenters. The molecule has 1 amide bonds. The number of carbonyl (C=O) groups excluding carboxylic acids is 1. The van der Waals surface area contributed by atoms with Crippen molar-refractivity contribution in [1.82, 2.24) is 14.8 Å². The summed E-state index contributed by atoms with van der Waals surface area (Å²) < 4.78 is 7.28. The molecule has 0 radical (unpaired) electrons. The number of fused-ring (bicyclic) bond motifs is 1. The number of hydrogen-bond acceptors (Lipinski definition) is 3. The number of benzene rings is 1. The van der Waals surface area contributed by atoms with Gasteiger partial charge >= 0.3 is 0 Å². The molecule has 1 aliphatic heterocycles. The van der Waals surface area contributed by atoms with E-state index in [0.717, 1.165) is 42.6 Å². The maximum absolute atomic E-state index is 12.9. The number of amides is 1. The maximum Gasteiger partial charge on any atom is 0.256 e. The molecule has 0 aliphatic carbocycles. The summed E-state index contributed by atoms with van der Waals surface area (Å²) in [6.45, 7) is 5.88. The summed E-state index contributed by atoms with van der Waals surface area (Å²) in [6.07, 6.45) is 1.97. The molecule has 1 fully saturated rings. The molecule has 22 heavy (non-hydrogen) atoms. The Kier molecular flexibility index (Phi) is 4.45. The van der Waals surface area contributed by atoms with Crippen LogP contribution in [0.2, 0.25) is 0 Å². The van der Waals surface area contributed by atoms with Crippen molar-refractivity contribution in [3.63, 3.8) is 0 Å². The second kappa shape index (κ2) is 6.50. The lowest BCUT2D eigenvalue weighted by atomic mass is 10.1. The quantitative estimate of drug-likeness (QED) is 0.935. The van der Waals surface area contributed by atoms with Crippen molar-refractivity contribution in [2.75, 3.05) is 33.4 Å². The summed E-state index contributed by atoms with van der Waals surface area (Å²) in [4.78, 5) is 14.8. The molecule has 1 N–H and O–H groups in total. The molecule has 0 saturated carbocycles. The number of ether oxygens (including phenoxy) is 1. The molecule has 0 spiro atoms. The highest BCUT2D eigenvalue weighted by Crippen LogP contribution is 2.23. The third-order valence-corrected chi connectivity index (χ3v) is 4.21. The van der Waals surface area contributed by atoms with E-state index in [1.807, 2.05) is 29.3 Å². The van der Waals surface area contributed by atoms with Crippen LogP contribution in [0.1, 0.15) is 17.3 Å². The zero-order valence-electron chi connectivity index (χ0n) is 13.2. The Morgan fingerprint density at radius 2 is 2.23 bits per heavy atom. The number of nitrogens with zero attached hydrogens (tertiary/aromatic N) is 2. The van der Waals surface area contributed by atoms with Crippen LogP contribution in [-0.4, -0.2) is 54.8 Å². The summed E-state index contributed by atoms with van der Waals surface area (Å²) in [5, 5.41) is 4.40. The van der Waals surface area contributed by atoms with Gasteiger partial charge in [0.15, 0.2) is 0 Å². The van der Waals surface area contributed by atoms with Gasteiger partial charge in [-0.3, -0.25) is 4.79 Å². The molecule has 0 unspecified atom stereocenters. The number of para-hydroxylation sites is 1. The van der Waals surface area contributed by atoms with Crippen LogP contribution in [0.4, 0.5) is 0 Å². The van der Waals surface area contributed by atoms with Gasteiger partial charge in [0.2, 0.25) is 0 Å². The van der Waals surface area contributed by atoms with Crippen molar-refractivity contribution in [3.8, 4) is 0 Å². The first-order chi connectivity index (χ1) is 10.7. The molecule has 1 saturated heterocycles. The Labute approximate surface area is 130 Å². The predicted octanol–water partition coefficient (Wildman–Crippen LogP) is 1.72. The monoisotopic (exact) mass is 301 g/mol. The van der Waals surface area contributed by atoms with E-state index in [2.05, 4.69) is 22.9 Å². The Balaban J connectivity index is 1.94. The van der Waals surface area contributed by atoms with Gasteiger partial charge in [-0.15, -0.1) is 0 Å². The number of rotatable bonds is 4. The van der Waals surface area contributed by atoms with Crippen molar-refractivity contribution in [1.29, 1.82) is 0 Å². The van der Waals surface area contributed by atoms with Gasteiger partial charge in [-0.05, 0) is 13.0 Å². The van der Waals surface area contributed by atoms with Crippen molar-refractivity contribution >= 4 is 16.8 Å². The average molecular weight is 301 g/mol. The third-order valence-electron chi connectivity index (χ3n) is 4.21. The number of hydrogen-bond donors (Lipinski definition) is 1. The van der Waals surface area contributed by atoms with Crippen molar-refractivity contribution in [3.05, 3.63) is 36.0 Å². The fourth-order valence-corrected chi connectivity index (χ4v) is 3.08. The third kappa shape index (κ3) is 2.87. The Hall–Kier alpha value is -1.85. The van der Waals surface area contributed by atoms with Crippen molar-refractivity contribution < 1.29 is 9.53 Å². The van der Waals surface area contributed by atoms with E-state index in [9.17, 15) is 4.79 Å². The van der Waals surface area contributed by atoms with E-state index in [1.165, 1.54) is 0 Å². The summed E-state index contributed by atoms with van der Waals surface area (Å²) in [7, 11) is 1.69. The first kappa shape index (κ1) is 15.1. The smallest absolute Gasteiger partial charge is 0.256 e. The van der Waals surface area contributed by atoms with Crippen molar-refractivity contribution in [2.45, 2.75) is 19.5 Å². The van der Waals surface area contributed by atoms with Crippen LogP contribution in [-0.2, 0) is 11.3 Å². The summed E-state index contributed by atoms with van der Waals surface area (Å²) >= 11 is 0. The molecule has 1 aromatic heterocycles. The van der Waals surface area contributed by atoms with E-state index in [4.69, 9.17) is 4.74 Å². The van der Waals surface area contributed by atoms with E-state index in [-0.39, 0.29) is 5.91 Å². The number of nitrogens with one attached hydrogen (secondary N) is 1. The zero-order valence-corrected chi connectivity index (χ0v) is 13.2. The summed E-state index contributed by atoms with van der Waals surface area (Å²) in [5.41, 5.74) is 1.88. The molecule has 5 nitrogen and oxygen atoms in total. The molecular weight excluding hydrogens is 278 g/mol. The van der Waals surface area contributed by atoms with Crippen molar-refractivity contribution in [2.24, 2.45) is 0 Å². The van der Waals surface area contributed by atoms with Gasteiger partial charge in [0.05, 0.1) is 12.2 Å². The van der Waals surface area contributed by atoms with Crippen LogP contribution in [0, 0.1) is 0 Å². The topological polar surface area (TPSA) is 46.5 Å². The molecule has 1 aromatic carbocycles. The van der Waals surface area contributed by atoms with Crippen LogP contribution < -0.4 is 5.32 Å². The maximum atomic E-state index is 12.9. The highest BCUT2D eigenvalue weighted by atomic mass is 16.5. The van der Waals surface area contributed by atoms with Crippen LogP contribution in [0.3, 0.4) is 0 Å². The zero-order chi connectivity index (χ0) is 15.5. The first-order valence-corrected chi connectivity index (χ1v) is 7.80. The minimum Gasteiger partial charge on any atom is -0.383 e. The van der Waals surface area contributed by atoms with Gasteiger partial charge < -0.3 is 19.5 Å². The van der Waals surface area contributed by atoms with E-state index < -0.39 is 0 Å². The van der Waals surface area contributed by atoms with Gasteiger partial charge in [-0.2, -0.15) is 0 Å².